The van der Waals surface area contributed by atoms with Crippen LogP contribution < -0.4 is 14.8 Å². The second-order valence-electron chi connectivity index (χ2n) is 5.57. The summed E-state index contributed by atoms with van der Waals surface area (Å²) in [5.41, 5.74) is 0.415. The molecule has 0 atom stereocenters. The Morgan fingerprint density at radius 2 is 1.85 bits per heavy atom. The highest BCUT2D eigenvalue weighted by Crippen LogP contribution is 2.30. The van der Waals surface area contributed by atoms with Crippen LogP contribution in [0.1, 0.15) is 24.2 Å². The van der Waals surface area contributed by atoms with E-state index in [0.29, 0.717) is 30.2 Å². The summed E-state index contributed by atoms with van der Waals surface area (Å²) >= 11 is 0. The van der Waals surface area contributed by atoms with Crippen molar-refractivity contribution in [3.63, 3.8) is 0 Å². The van der Waals surface area contributed by atoms with Gasteiger partial charge >= 0.3 is 0 Å². The van der Waals surface area contributed by atoms with Crippen LogP contribution in [0, 0.1) is 0 Å². The third-order valence-electron chi connectivity index (χ3n) is 3.50. The first-order chi connectivity index (χ1) is 9.48. The fourth-order valence-electron chi connectivity index (χ4n) is 2.53. The number of nitrogens with one attached hydrogen (secondary N) is 1. The molecule has 110 valence electrons. The van der Waals surface area contributed by atoms with Gasteiger partial charge in [-0.1, -0.05) is 6.07 Å². The van der Waals surface area contributed by atoms with Crippen molar-refractivity contribution in [2.75, 3.05) is 33.9 Å². The molecule has 1 N–H and O–H groups in total. The van der Waals surface area contributed by atoms with E-state index in [9.17, 15) is 4.79 Å². The molecule has 1 aromatic carbocycles. The van der Waals surface area contributed by atoms with Crippen LogP contribution >= 0.6 is 0 Å². The minimum atomic E-state index is -0.0802. The summed E-state index contributed by atoms with van der Waals surface area (Å²) in [6.45, 7) is 6.31. The number of carbonyl (C=O) groups is 1. The summed E-state index contributed by atoms with van der Waals surface area (Å²) in [5, 5.41) is 3.40. The van der Waals surface area contributed by atoms with E-state index in [2.05, 4.69) is 19.2 Å². The summed E-state index contributed by atoms with van der Waals surface area (Å²) in [6, 6.07) is 5.38. The number of benzene rings is 1. The van der Waals surface area contributed by atoms with Gasteiger partial charge in [-0.05, 0) is 26.0 Å². The summed E-state index contributed by atoms with van der Waals surface area (Å²) in [6.07, 6.45) is 0. The molecule has 0 aliphatic carbocycles. The second-order valence-corrected chi connectivity index (χ2v) is 5.57. The highest BCUT2D eigenvalue weighted by atomic mass is 16.5. The Morgan fingerprint density at radius 3 is 2.35 bits per heavy atom. The van der Waals surface area contributed by atoms with E-state index in [1.807, 2.05) is 11.0 Å². The molecule has 0 unspecified atom stereocenters. The Balaban J connectivity index is 2.33. The molecule has 0 saturated carbocycles. The van der Waals surface area contributed by atoms with Crippen molar-refractivity contribution in [2.24, 2.45) is 0 Å². The van der Waals surface area contributed by atoms with E-state index in [-0.39, 0.29) is 11.4 Å². The molecule has 1 aliphatic heterocycles. The van der Waals surface area contributed by atoms with Crippen molar-refractivity contribution < 1.29 is 14.3 Å². The topological polar surface area (TPSA) is 50.8 Å². The molecule has 1 fully saturated rings. The SMILES string of the molecule is COc1cccc(OC)c1C(=O)N1CCNC(C)(C)C1. The standard InChI is InChI=1S/C15H22N2O3/c1-15(2)10-17(9-8-16-15)14(18)13-11(19-3)6-5-7-12(13)20-4/h5-7,16H,8-10H2,1-4H3. The molecular weight excluding hydrogens is 256 g/mol. The van der Waals surface area contributed by atoms with Gasteiger partial charge in [-0.3, -0.25) is 4.79 Å². The first kappa shape index (κ1) is 14.7. The van der Waals surface area contributed by atoms with Gasteiger partial charge in [0.2, 0.25) is 0 Å². The molecular formula is C15H22N2O3. The molecule has 1 aromatic rings. The van der Waals surface area contributed by atoms with Gasteiger partial charge in [0.15, 0.2) is 0 Å². The van der Waals surface area contributed by atoms with Crippen LogP contribution in [0.3, 0.4) is 0 Å². The lowest BCUT2D eigenvalue weighted by Crippen LogP contribution is -2.58. The maximum Gasteiger partial charge on any atom is 0.261 e. The molecule has 0 radical (unpaired) electrons. The monoisotopic (exact) mass is 278 g/mol. The van der Waals surface area contributed by atoms with Crippen LogP contribution in [0.15, 0.2) is 18.2 Å². The van der Waals surface area contributed by atoms with E-state index < -0.39 is 0 Å². The lowest BCUT2D eigenvalue weighted by Gasteiger charge is -2.39. The van der Waals surface area contributed by atoms with E-state index in [1.54, 1.807) is 26.4 Å². The molecule has 20 heavy (non-hydrogen) atoms. The second kappa shape index (κ2) is 5.71. The predicted molar refractivity (Wildman–Crippen MR) is 77.5 cm³/mol. The minimum Gasteiger partial charge on any atom is -0.496 e. The molecule has 1 heterocycles. The van der Waals surface area contributed by atoms with Crippen LogP contribution in [0.2, 0.25) is 0 Å². The first-order valence-electron chi connectivity index (χ1n) is 6.74. The summed E-state index contributed by atoms with van der Waals surface area (Å²) in [5.74, 6) is 1.05. The van der Waals surface area contributed by atoms with E-state index in [4.69, 9.17) is 9.47 Å². The van der Waals surface area contributed by atoms with Crippen molar-refractivity contribution >= 4 is 5.91 Å². The lowest BCUT2D eigenvalue weighted by molar-refractivity contribution is 0.0645. The van der Waals surface area contributed by atoms with Gasteiger partial charge in [0.25, 0.3) is 5.91 Å². The number of hydrogen-bond acceptors (Lipinski definition) is 4. The number of carbonyl (C=O) groups excluding carboxylic acids is 1. The van der Waals surface area contributed by atoms with E-state index in [0.717, 1.165) is 6.54 Å². The average molecular weight is 278 g/mol. The quantitative estimate of drug-likeness (QED) is 0.911. The number of methoxy groups -OCH3 is 2. The Kier molecular flexibility index (Phi) is 4.18. The maximum atomic E-state index is 12.8. The van der Waals surface area contributed by atoms with Crippen molar-refractivity contribution in [2.45, 2.75) is 19.4 Å². The molecule has 0 bridgehead atoms. The van der Waals surface area contributed by atoms with Crippen LogP contribution in [-0.2, 0) is 0 Å². The van der Waals surface area contributed by atoms with Crippen LogP contribution in [-0.4, -0.2) is 50.2 Å². The Labute approximate surface area is 119 Å². The number of amides is 1. The summed E-state index contributed by atoms with van der Waals surface area (Å²) in [7, 11) is 3.13. The van der Waals surface area contributed by atoms with E-state index in [1.165, 1.54) is 0 Å². The van der Waals surface area contributed by atoms with Crippen LogP contribution in [0.4, 0.5) is 0 Å². The molecule has 5 nitrogen and oxygen atoms in total. The summed E-state index contributed by atoms with van der Waals surface area (Å²) in [4.78, 5) is 14.6. The van der Waals surface area contributed by atoms with E-state index >= 15 is 0 Å². The highest BCUT2D eigenvalue weighted by Gasteiger charge is 2.31. The molecule has 5 heteroatoms. The van der Waals surface area contributed by atoms with Gasteiger partial charge in [0.1, 0.15) is 17.1 Å². The average Bonchev–Trinajstić information content (AvgIpc) is 2.44. The van der Waals surface area contributed by atoms with Gasteiger partial charge in [0, 0.05) is 25.2 Å². The maximum absolute atomic E-state index is 12.8. The Morgan fingerprint density at radius 1 is 1.25 bits per heavy atom. The van der Waals surface area contributed by atoms with Crippen LogP contribution in [0.5, 0.6) is 11.5 Å². The molecule has 0 aromatic heterocycles. The fourth-order valence-corrected chi connectivity index (χ4v) is 2.53. The van der Waals surface area contributed by atoms with Crippen molar-refractivity contribution in [1.29, 1.82) is 0 Å². The fraction of sp³-hybridized carbons (Fsp3) is 0.533. The number of nitrogens with zero attached hydrogens (tertiary/aromatic N) is 1. The molecule has 2 rings (SSSR count). The highest BCUT2D eigenvalue weighted by molar-refractivity contribution is 5.99. The zero-order chi connectivity index (χ0) is 14.8. The first-order valence-corrected chi connectivity index (χ1v) is 6.74. The predicted octanol–water partition coefficient (Wildman–Crippen LogP) is 1.53. The third-order valence-corrected chi connectivity index (χ3v) is 3.50. The normalized spacial score (nSPS) is 17.7. The number of piperazine rings is 1. The number of ether oxygens (including phenoxy) is 2. The van der Waals surface area contributed by atoms with Gasteiger partial charge in [-0.25, -0.2) is 0 Å². The zero-order valence-corrected chi connectivity index (χ0v) is 12.5. The Hall–Kier alpha value is -1.75. The van der Waals surface area contributed by atoms with Crippen molar-refractivity contribution in [3.8, 4) is 11.5 Å². The minimum absolute atomic E-state index is 0.0473. The molecule has 1 amide bonds. The zero-order valence-electron chi connectivity index (χ0n) is 12.5. The molecule has 1 saturated heterocycles. The lowest BCUT2D eigenvalue weighted by atomic mass is 10.0. The Bertz CT molecular complexity index is 478. The molecule has 1 aliphatic rings. The van der Waals surface area contributed by atoms with Gasteiger partial charge < -0.3 is 19.7 Å². The van der Waals surface area contributed by atoms with Gasteiger partial charge in [0.05, 0.1) is 14.2 Å². The van der Waals surface area contributed by atoms with Gasteiger partial charge in [-0.15, -0.1) is 0 Å². The van der Waals surface area contributed by atoms with Gasteiger partial charge in [-0.2, -0.15) is 0 Å². The third kappa shape index (κ3) is 2.88. The number of hydrogen-bond donors (Lipinski definition) is 1. The molecule has 0 spiro atoms. The van der Waals surface area contributed by atoms with Crippen LogP contribution in [0.25, 0.3) is 0 Å². The largest absolute Gasteiger partial charge is 0.496 e. The smallest absolute Gasteiger partial charge is 0.261 e. The van der Waals surface area contributed by atoms with Crippen molar-refractivity contribution in [1.82, 2.24) is 10.2 Å². The summed E-state index contributed by atoms with van der Waals surface area (Å²) < 4.78 is 10.6. The van der Waals surface area contributed by atoms with Crippen molar-refractivity contribution in [3.05, 3.63) is 23.8 Å². The number of rotatable bonds is 3.